The van der Waals surface area contributed by atoms with Gasteiger partial charge in [0, 0.05) is 23.3 Å². The van der Waals surface area contributed by atoms with Crippen molar-refractivity contribution in [3.8, 4) is 0 Å². The predicted molar refractivity (Wildman–Crippen MR) is 97.9 cm³/mol. The Morgan fingerprint density at radius 2 is 1.82 bits per heavy atom. The molecule has 0 radical (unpaired) electrons. The normalized spacial score (nSPS) is 11.4. The molecule has 0 heterocycles. The molecule has 0 atom stereocenters. The van der Waals surface area contributed by atoms with E-state index in [-0.39, 0.29) is 0 Å². The molecule has 0 spiro atoms. The van der Waals surface area contributed by atoms with E-state index in [1.165, 1.54) is 0 Å². The van der Waals surface area contributed by atoms with Gasteiger partial charge in [-0.2, -0.15) is 5.10 Å². The van der Waals surface area contributed by atoms with Crippen LogP contribution in [-0.2, 0) is 0 Å². The Balaban J connectivity index is 2.31. The zero-order valence-corrected chi connectivity index (χ0v) is 14.5. The first-order valence-corrected chi connectivity index (χ1v) is 7.93. The standard InChI is InChI=1S/C16H16Cl3N3/c1-3-15(12-8-10(17)4-7-16(12)20-2)22-21-11-5-6-13(18)14(19)9-11/h4-9,20-21H,3H2,1-2H3/b22-15+. The summed E-state index contributed by atoms with van der Waals surface area (Å²) in [5, 5.41) is 9.28. The number of hydrazone groups is 1. The minimum atomic E-state index is 0.485. The first kappa shape index (κ1) is 16.9. The van der Waals surface area contributed by atoms with E-state index in [0.29, 0.717) is 15.1 Å². The Hall–Kier alpha value is -1.42. The Morgan fingerprint density at radius 3 is 2.45 bits per heavy atom. The predicted octanol–water partition coefficient (Wildman–Crippen LogP) is 5.91. The highest BCUT2D eigenvalue weighted by Gasteiger charge is 2.08. The van der Waals surface area contributed by atoms with Gasteiger partial charge >= 0.3 is 0 Å². The molecule has 0 amide bonds. The van der Waals surface area contributed by atoms with Gasteiger partial charge in [-0.1, -0.05) is 41.7 Å². The Bertz CT molecular complexity index is 699. The number of nitrogens with one attached hydrogen (secondary N) is 2. The number of rotatable bonds is 5. The van der Waals surface area contributed by atoms with Crippen LogP contribution in [0.2, 0.25) is 15.1 Å². The third kappa shape index (κ3) is 4.07. The van der Waals surface area contributed by atoms with Crippen molar-refractivity contribution >= 4 is 51.9 Å². The van der Waals surface area contributed by atoms with E-state index in [4.69, 9.17) is 34.8 Å². The maximum atomic E-state index is 6.09. The average molecular weight is 357 g/mol. The highest BCUT2D eigenvalue weighted by molar-refractivity contribution is 6.42. The molecule has 0 fully saturated rings. The molecule has 0 unspecified atom stereocenters. The lowest BCUT2D eigenvalue weighted by atomic mass is 10.1. The average Bonchev–Trinajstić information content (AvgIpc) is 2.51. The summed E-state index contributed by atoms with van der Waals surface area (Å²) in [6, 6.07) is 11.0. The van der Waals surface area contributed by atoms with Crippen LogP contribution in [0.4, 0.5) is 11.4 Å². The topological polar surface area (TPSA) is 36.4 Å². The maximum Gasteiger partial charge on any atom is 0.0697 e. The smallest absolute Gasteiger partial charge is 0.0697 e. The molecular formula is C16H16Cl3N3. The van der Waals surface area contributed by atoms with Crippen LogP contribution in [0.3, 0.4) is 0 Å². The molecule has 0 saturated carbocycles. The highest BCUT2D eigenvalue weighted by atomic mass is 35.5. The van der Waals surface area contributed by atoms with E-state index in [2.05, 4.69) is 15.8 Å². The Kier molecular flexibility index (Phi) is 5.95. The molecule has 6 heteroatoms. The summed E-state index contributed by atoms with van der Waals surface area (Å²) >= 11 is 18.0. The van der Waals surface area contributed by atoms with Crippen LogP contribution < -0.4 is 10.7 Å². The van der Waals surface area contributed by atoms with Crippen molar-refractivity contribution in [2.45, 2.75) is 13.3 Å². The number of hydrogen-bond acceptors (Lipinski definition) is 3. The van der Waals surface area contributed by atoms with Gasteiger partial charge in [0.05, 0.1) is 21.4 Å². The molecule has 0 bridgehead atoms. The molecule has 0 aliphatic heterocycles. The molecule has 22 heavy (non-hydrogen) atoms. The van der Waals surface area contributed by atoms with E-state index in [0.717, 1.165) is 29.1 Å². The van der Waals surface area contributed by atoms with E-state index in [9.17, 15) is 0 Å². The van der Waals surface area contributed by atoms with Crippen molar-refractivity contribution in [2.75, 3.05) is 17.8 Å². The fourth-order valence-electron chi connectivity index (χ4n) is 2.00. The van der Waals surface area contributed by atoms with Crippen LogP contribution in [0.15, 0.2) is 41.5 Å². The summed E-state index contributed by atoms with van der Waals surface area (Å²) < 4.78 is 0. The minimum Gasteiger partial charge on any atom is -0.388 e. The van der Waals surface area contributed by atoms with Gasteiger partial charge in [0.15, 0.2) is 0 Å². The first-order chi connectivity index (χ1) is 10.5. The fourth-order valence-corrected chi connectivity index (χ4v) is 2.47. The van der Waals surface area contributed by atoms with E-state index < -0.39 is 0 Å². The molecule has 0 aromatic heterocycles. The summed E-state index contributed by atoms with van der Waals surface area (Å²) in [5.41, 5.74) is 6.60. The second-order valence-corrected chi connectivity index (χ2v) is 5.84. The molecule has 0 aliphatic rings. The van der Waals surface area contributed by atoms with Crippen molar-refractivity contribution in [2.24, 2.45) is 5.10 Å². The van der Waals surface area contributed by atoms with Crippen LogP contribution in [-0.4, -0.2) is 12.8 Å². The van der Waals surface area contributed by atoms with Crippen LogP contribution in [0.1, 0.15) is 18.9 Å². The Labute approximate surface area is 145 Å². The monoisotopic (exact) mass is 355 g/mol. The van der Waals surface area contributed by atoms with Crippen molar-refractivity contribution in [1.29, 1.82) is 0 Å². The van der Waals surface area contributed by atoms with Crippen molar-refractivity contribution in [3.63, 3.8) is 0 Å². The fraction of sp³-hybridized carbons (Fsp3) is 0.188. The zero-order chi connectivity index (χ0) is 16.1. The molecule has 0 aliphatic carbocycles. The highest BCUT2D eigenvalue weighted by Crippen LogP contribution is 2.26. The van der Waals surface area contributed by atoms with Gasteiger partial charge in [0.25, 0.3) is 0 Å². The summed E-state index contributed by atoms with van der Waals surface area (Å²) in [6.07, 6.45) is 0.753. The SMILES string of the molecule is CC/C(=N\Nc1ccc(Cl)c(Cl)c1)c1cc(Cl)ccc1NC. The molecule has 2 aromatic rings. The number of nitrogens with zero attached hydrogens (tertiary/aromatic N) is 1. The molecule has 2 N–H and O–H groups in total. The summed E-state index contributed by atoms with van der Waals surface area (Å²) in [4.78, 5) is 0. The van der Waals surface area contributed by atoms with Crippen LogP contribution >= 0.6 is 34.8 Å². The number of halogens is 3. The summed E-state index contributed by atoms with van der Waals surface area (Å²) in [6.45, 7) is 2.04. The van der Waals surface area contributed by atoms with Gasteiger partial charge in [0.1, 0.15) is 0 Å². The quantitative estimate of drug-likeness (QED) is 0.515. The van der Waals surface area contributed by atoms with Gasteiger partial charge in [0.2, 0.25) is 0 Å². The van der Waals surface area contributed by atoms with E-state index in [1.54, 1.807) is 12.1 Å². The van der Waals surface area contributed by atoms with Gasteiger partial charge in [-0.05, 0) is 42.8 Å². The van der Waals surface area contributed by atoms with Crippen LogP contribution in [0, 0.1) is 0 Å². The summed E-state index contributed by atoms with van der Waals surface area (Å²) in [5.74, 6) is 0. The van der Waals surface area contributed by atoms with Crippen molar-refractivity contribution in [3.05, 3.63) is 57.0 Å². The third-order valence-corrected chi connectivity index (χ3v) is 4.11. The van der Waals surface area contributed by atoms with Crippen molar-refractivity contribution < 1.29 is 0 Å². The van der Waals surface area contributed by atoms with Crippen LogP contribution in [0.5, 0.6) is 0 Å². The van der Waals surface area contributed by atoms with Gasteiger partial charge in [-0.25, -0.2) is 0 Å². The lowest BCUT2D eigenvalue weighted by Gasteiger charge is -2.12. The van der Waals surface area contributed by atoms with E-state index >= 15 is 0 Å². The largest absolute Gasteiger partial charge is 0.388 e. The van der Waals surface area contributed by atoms with Gasteiger partial charge in [-0.3, -0.25) is 5.43 Å². The van der Waals surface area contributed by atoms with Crippen molar-refractivity contribution in [1.82, 2.24) is 0 Å². The Morgan fingerprint density at radius 1 is 1.05 bits per heavy atom. The lowest BCUT2D eigenvalue weighted by molar-refractivity contribution is 1.22. The van der Waals surface area contributed by atoms with Gasteiger partial charge < -0.3 is 5.32 Å². The zero-order valence-electron chi connectivity index (χ0n) is 12.3. The van der Waals surface area contributed by atoms with Crippen LogP contribution in [0.25, 0.3) is 0 Å². The second kappa shape index (κ2) is 7.73. The molecule has 0 saturated heterocycles. The number of benzene rings is 2. The number of hydrogen-bond donors (Lipinski definition) is 2. The number of anilines is 2. The second-order valence-electron chi connectivity index (χ2n) is 4.59. The first-order valence-electron chi connectivity index (χ1n) is 6.80. The lowest BCUT2D eigenvalue weighted by Crippen LogP contribution is -2.07. The molecule has 116 valence electrons. The third-order valence-electron chi connectivity index (χ3n) is 3.14. The maximum absolute atomic E-state index is 6.09. The summed E-state index contributed by atoms with van der Waals surface area (Å²) in [7, 11) is 1.87. The minimum absolute atomic E-state index is 0.485. The molecular weight excluding hydrogens is 341 g/mol. The molecule has 2 aromatic carbocycles. The molecule has 2 rings (SSSR count). The van der Waals surface area contributed by atoms with E-state index in [1.807, 2.05) is 38.2 Å². The van der Waals surface area contributed by atoms with Gasteiger partial charge in [-0.15, -0.1) is 0 Å². The molecule has 3 nitrogen and oxygen atoms in total.